The van der Waals surface area contributed by atoms with Gasteiger partial charge in [-0.25, -0.2) is 4.39 Å². The zero-order valence-corrected chi connectivity index (χ0v) is 12.4. The molecule has 100 valence electrons. The van der Waals surface area contributed by atoms with E-state index in [0.29, 0.717) is 6.04 Å². The van der Waals surface area contributed by atoms with Crippen molar-refractivity contribution in [3.05, 3.63) is 23.8 Å². The molecule has 0 bridgehead atoms. The molecule has 0 N–H and O–H groups in total. The smallest absolute Gasteiger partial charge is 0.143 e. The molecule has 2 saturated heterocycles. The van der Waals surface area contributed by atoms with E-state index in [9.17, 15) is 4.39 Å². The lowest BCUT2D eigenvalue weighted by Crippen LogP contribution is -2.40. The van der Waals surface area contributed by atoms with Crippen molar-refractivity contribution < 1.29 is 4.39 Å². The summed E-state index contributed by atoms with van der Waals surface area (Å²) in [4.78, 5) is 0. The maximum absolute atomic E-state index is 13.4. The molecule has 3 heterocycles. The molecule has 1 aromatic heterocycles. The molecule has 0 saturated carbocycles. The Hall–Kier alpha value is -0.573. The molecule has 2 aliphatic heterocycles. The zero-order chi connectivity index (χ0) is 12.6. The quantitative estimate of drug-likeness (QED) is 0.636. The van der Waals surface area contributed by atoms with E-state index in [1.807, 2.05) is 13.1 Å². The summed E-state index contributed by atoms with van der Waals surface area (Å²) in [6.45, 7) is 1.91. The Morgan fingerprint density at radius 1 is 1.11 bits per heavy atom. The van der Waals surface area contributed by atoms with Gasteiger partial charge in [0.15, 0.2) is 0 Å². The maximum Gasteiger partial charge on any atom is 0.143 e. The average molecular weight is 265 g/mol. The van der Waals surface area contributed by atoms with Crippen LogP contribution in [0.5, 0.6) is 0 Å². The molecular formula is C15H24FNSi. The Bertz CT molecular complexity index is 410. The molecule has 1 nitrogen and oxygen atoms in total. The van der Waals surface area contributed by atoms with Crippen molar-refractivity contribution >= 4 is 8.07 Å². The van der Waals surface area contributed by atoms with Crippen molar-refractivity contribution in [3.63, 3.8) is 0 Å². The van der Waals surface area contributed by atoms with Crippen molar-refractivity contribution in [1.29, 1.82) is 0 Å². The number of nitrogens with zero attached hydrogens (tertiary/aromatic N) is 1. The van der Waals surface area contributed by atoms with E-state index >= 15 is 0 Å². The normalized spacial score (nSPS) is 24.6. The van der Waals surface area contributed by atoms with Crippen LogP contribution in [-0.2, 0) is 0 Å². The van der Waals surface area contributed by atoms with Crippen LogP contribution in [0.4, 0.5) is 4.39 Å². The highest BCUT2D eigenvalue weighted by molar-refractivity contribution is 6.80. The van der Waals surface area contributed by atoms with Crippen LogP contribution in [0, 0.1) is 12.7 Å². The first-order valence-corrected chi connectivity index (χ1v) is 10.4. The largest absolute Gasteiger partial charge is 0.346 e. The number of hydrogen-bond donors (Lipinski definition) is 0. The molecule has 18 heavy (non-hydrogen) atoms. The van der Waals surface area contributed by atoms with Crippen molar-refractivity contribution in [2.75, 3.05) is 0 Å². The van der Waals surface area contributed by atoms with Crippen molar-refractivity contribution in [1.82, 2.24) is 4.57 Å². The molecule has 0 radical (unpaired) electrons. The fraction of sp³-hybridized carbons (Fsp3) is 0.733. The summed E-state index contributed by atoms with van der Waals surface area (Å²) in [5.74, 6) is -0.0369. The first-order valence-electron chi connectivity index (χ1n) is 7.53. The van der Waals surface area contributed by atoms with Gasteiger partial charge in [0.2, 0.25) is 0 Å². The lowest BCUT2D eigenvalue weighted by atomic mass is 10.1. The highest BCUT2D eigenvalue weighted by Crippen LogP contribution is 2.44. The van der Waals surface area contributed by atoms with Crippen LogP contribution in [0.2, 0.25) is 24.2 Å². The van der Waals surface area contributed by atoms with Crippen molar-refractivity contribution in [2.24, 2.45) is 0 Å². The minimum atomic E-state index is -0.862. The van der Waals surface area contributed by atoms with Gasteiger partial charge in [-0.2, -0.15) is 0 Å². The first kappa shape index (κ1) is 12.5. The number of aromatic nitrogens is 1. The summed E-state index contributed by atoms with van der Waals surface area (Å²) in [5, 5.41) is 0. The molecule has 0 atom stereocenters. The fourth-order valence-electron chi connectivity index (χ4n) is 4.19. The molecule has 0 aromatic carbocycles. The molecule has 2 aliphatic rings. The Balaban J connectivity index is 1.68. The van der Waals surface area contributed by atoms with Crippen LogP contribution in [-0.4, -0.2) is 12.6 Å². The molecule has 3 heteroatoms. The van der Waals surface area contributed by atoms with E-state index in [-0.39, 0.29) is 5.82 Å². The highest BCUT2D eigenvalue weighted by atomic mass is 28.3. The highest BCUT2D eigenvalue weighted by Gasteiger charge is 2.38. The predicted octanol–water partition coefficient (Wildman–Crippen LogP) is 4.90. The topological polar surface area (TPSA) is 4.93 Å². The molecule has 0 unspecified atom stereocenters. The van der Waals surface area contributed by atoms with Gasteiger partial charge in [0.05, 0.1) is 13.8 Å². The van der Waals surface area contributed by atoms with Gasteiger partial charge in [0.25, 0.3) is 0 Å². The lowest BCUT2D eigenvalue weighted by molar-refractivity contribution is 0.432. The summed E-state index contributed by atoms with van der Waals surface area (Å²) in [6, 6.07) is 8.36. The molecular weight excluding hydrogens is 241 g/mol. The number of rotatable bonds is 1. The summed E-state index contributed by atoms with van der Waals surface area (Å²) in [7, 11) is -0.862. The van der Waals surface area contributed by atoms with Gasteiger partial charge in [-0.05, 0) is 25.8 Å². The standard InChI is InChI=1S/C15H24FNSi/c1-13-15(16)5-8-17(13)14-6-11-18(12-7-14)9-3-2-4-10-18/h5,8,14H,2-4,6-7,9-12H2,1H3. The van der Waals surface area contributed by atoms with Gasteiger partial charge in [-0.3, -0.25) is 0 Å². The van der Waals surface area contributed by atoms with Gasteiger partial charge >= 0.3 is 0 Å². The van der Waals surface area contributed by atoms with Gasteiger partial charge in [-0.15, -0.1) is 0 Å². The molecule has 0 amide bonds. The Morgan fingerprint density at radius 3 is 2.33 bits per heavy atom. The third-order valence-electron chi connectivity index (χ3n) is 5.44. The van der Waals surface area contributed by atoms with Gasteiger partial charge in [-0.1, -0.05) is 43.4 Å². The van der Waals surface area contributed by atoms with Crippen LogP contribution in [0.1, 0.15) is 43.8 Å². The fourth-order valence-corrected chi connectivity index (χ4v) is 9.58. The van der Waals surface area contributed by atoms with Crippen LogP contribution in [0.15, 0.2) is 12.3 Å². The van der Waals surface area contributed by atoms with E-state index in [2.05, 4.69) is 4.57 Å². The van der Waals surface area contributed by atoms with E-state index in [1.165, 1.54) is 44.2 Å². The molecule has 2 fully saturated rings. The minimum Gasteiger partial charge on any atom is -0.346 e. The summed E-state index contributed by atoms with van der Waals surface area (Å²) in [6.07, 6.45) is 9.03. The van der Waals surface area contributed by atoms with Crippen LogP contribution in [0.25, 0.3) is 0 Å². The van der Waals surface area contributed by atoms with Crippen molar-refractivity contribution in [3.8, 4) is 0 Å². The Kier molecular flexibility index (Phi) is 3.35. The predicted molar refractivity (Wildman–Crippen MR) is 76.2 cm³/mol. The minimum absolute atomic E-state index is 0.0369. The van der Waals surface area contributed by atoms with Crippen molar-refractivity contribution in [2.45, 2.75) is 69.2 Å². The summed E-state index contributed by atoms with van der Waals surface area (Å²) < 4.78 is 15.6. The van der Waals surface area contributed by atoms with Crippen LogP contribution < -0.4 is 0 Å². The Morgan fingerprint density at radius 2 is 1.78 bits per heavy atom. The van der Waals surface area contributed by atoms with E-state index < -0.39 is 8.07 Å². The second kappa shape index (κ2) is 4.84. The maximum atomic E-state index is 13.4. The van der Waals surface area contributed by atoms with Gasteiger partial charge < -0.3 is 4.57 Å². The zero-order valence-electron chi connectivity index (χ0n) is 11.4. The van der Waals surface area contributed by atoms with Gasteiger partial charge in [0.1, 0.15) is 5.82 Å². The first-order chi connectivity index (χ1) is 8.70. The van der Waals surface area contributed by atoms with E-state index in [4.69, 9.17) is 0 Å². The average Bonchev–Trinajstić information content (AvgIpc) is 2.73. The summed E-state index contributed by atoms with van der Waals surface area (Å²) >= 11 is 0. The SMILES string of the molecule is Cc1c(F)ccn1C1CC[Si]2(CCCCC2)CC1. The second-order valence-electron chi connectivity index (χ2n) is 6.45. The molecule has 3 rings (SSSR count). The number of halogens is 1. The monoisotopic (exact) mass is 265 g/mol. The van der Waals surface area contributed by atoms with E-state index in [1.54, 1.807) is 18.2 Å². The third kappa shape index (κ3) is 2.17. The van der Waals surface area contributed by atoms with Crippen LogP contribution in [0.3, 0.4) is 0 Å². The summed E-state index contributed by atoms with van der Waals surface area (Å²) in [5.41, 5.74) is 0.835. The second-order valence-corrected chi connectivity index (χ2v) is 11.4. The van der Waals surface area contributed by atoms with Gasteiger partial charge in [0, 0.05) is 12.2 Å². The van der Waals surface area contributed by atoms with E-state index in [0.717, 1.165) is 5.69 Å². The molecule has 1 spiro atoms. The molecule has 0 aliphatic carbocycles. The molecule has 1 aromatic rings. The lowest BCUT2D eigenvalue weighted by Gasteiger charge is -2.41. The number of hydrogen-bond acceptors (Lipinski definition) is 0. The van der Waals surface area contributed by atoms with Crippen LogP contribution >= 0.6 is 0 Å². The third-order valence-corrected chi connectivity index (χ3v) is 11.0. The Labute approximate surface area is 110 Å².